The molecule has 0 aliphatic carbocycles. The Morgan fingerprint density at radius 3 is 2.80 bits per heavy atom. The molecule has 0 aliphatic heterocycles. The van der Waals surface area contributed by atoms with Crippen molar-refractivity contribution < 1.29 is 4.39 Å². The molecule has 0 bridgehead atoms. The van der Waals surface area contributed by atoms with E-state index in [9.17, 15) is 9.18 Å². The van der Waals surface area contributed by atoms with Crippen molar-refractivity contribution in [1.82, 2.24) is 19.8 Å². The number of tetrazole rings is 1. The van der Waals surface area contributed by atoms with Gasteiger partial charge < -0.3 is 0 Å². The molecule has 0 amide bonds. The molecular weight excluding hydrogens is 199 g/mol. The third-order valence-electron chi connectivity index (χ3n) is 2.03. The topological polar surface area (TPSA) is 52.7 Å². The summed E-state index contributed by atoms with van der Waals surface area (Å²) in [5, 5.41) is 7.23. The van der Waals surface area contributed by atoms with Crippen LogP contribution in [0.1, 0.15) is 5.56 Å². The number of rotatable bonds is 2. The number of benzene rings is 1. The third kappa shape index (κ3) is 1.65. The molecule has 0 saturated carbocycles. The highest BCUT2D eigenvalue weighted by Crippen LogP contribution is 2.08. The molecule has 1 aromatic carbocycles. The Balaban J connectivity index is 2.54. The van der Waals surface area contributed by atoms with Crippen LogP contribution in [0.3, 0.4) is 0 Å². The second-order valence-electron chi connectivity index (χ2n) is 3.10. The summed E-state index contributed by atoms with van der Waals surface area (Å²) in [5.74, 6) is 0. The molecule has 0 radical (unpaired) electrons. The third-order valence-corrected chi connectivity index (χ3v) is 2.03. The van der Waals surface area contributed by atoms with Gasteiger partial charge in [-0.2, -0.15) is 9.36 Å². The summed E-state index contributed by atoms with van der Waals surface area (Å²) in [5.41, 5.74) is 0.666. The Hall–Kier alpha value is -1.98. The summed E-state index contributed by atoms with van der Waals surface area (Å²) in [7, 11) is 1.50. The standard InChI is InChI=1S/C9H9FN4O/c1-13-9(15)14(12-11-13)8-4-2-3-7(5-8)6-10/h2-5H,6H2,1H3. The van der Waals surface area contributed by atoms with Crippen molar-refractivity contribution in [2.75, 3.05) is 0 Å². The number of hydrogen-bond donors (Lipinski definition) is 0. The highest BCUT2D eigenvalue weighted by atomic mass is 19.1. The summed E-state index contributed by atoms with van der Waals surface area (Å²) in [6.45, 7) is -0.567. The molecule has 6 heteroatoms. The maximum absolute atomic E-state index is 12.4. The Morgan fingerprint density at radius 2 is 2.20 bits per heavy atom. The fraction of sp³-hybridized carbons (Fsp3) is 0.222. The van der Waals surface area contributed by atoms with Gasteiger partial charge in [-0.15, -0.1) is 0 Å². The van der Waals surface area contributed by atoms with Crippen LogP contribution in [0, 0.1) is 0 Å². The first-order valence-electron chi connectivity index (χ1n) is 4.36. The van der Waals surface area contributed by atoms with E-state index < -0.39 is 6.67 Å². The van der Waals surface area contributed by atoms with Gasteiger partial charge in [-0.25, -0.2) is 9.18 Å². The second kappa shape index (κ2) is 3.64. The molecule has 0 unspecified atom stereocenters. The minimum Gasteiger partial charge on any atom is -0.246 e. The largest absolute Gasteiger partial charge is 0.368 e. The van der Waals surface area contributed by atoms with Crippen molar-refractivity contribution >= 4 is 0 Å². The van der Waals surface area contributed by atoms with E-state index in [1.54, 1.807) is 24.3 Å². The molecule has 2 aromatic rings. The Morgan fingerprint density at radius 1 is 1.40 bits per heavy atom. The van der Waals surface area contributed by atoms with E-state index >= 15 is 0 Å². The summed E-state index contributed by atoms with van der Waals surface area (Å²) >= 11 is 0. The predicted molar refractivity (Wildman–Crippen MR) is 51.4 cm³/mol. The molecule has 0 atom stereocenters. The van der Waals surface area contributed by atoms with Gasteiger partial charge in [-0.3, -0.25) is 0 Å². The number of halogens is 1. The van der Waals surface area contributed by atoms with Crippen molar-refractivity contribution in [3.63, 3.8) is 0 Å². The number of aromatic nitrogens is 4. The number of hydrogen-bond acceptors (Lipinski definition) is 3. The number of nitrogens with zero attached hydrogens (tertiary/aromatic N) is 4. The van der Waals surface area contributed by atoms with Crippen LogP contribution in [-0.4, -0.2) is 19.8 Å². The second-order valence-corrected chi connectivity index (χ2v) is 3.10. The van der Waals surface area contributed by atoms with Crippen LogP contribution in [0.25, 0.3) is 5.69 Å². The minimum atomic E-state index is -0.567. The van der Waals surface area contributed by atoms with E-state index in [0.717, 1.165) is 9.36 Å². The molecule has 78 valence electrons. The van der Waals surface area contributed by atoms with Crippen molar-refractivity contribution in [3.8, 4) is 5.69 Å². The zero-order valence-electron chi connectivity index (χ0n) is 8.09. The van der Waals surface area contributed by atoms with Gasteiger partial charge in [0, 0.05) is 7.05 Å². The molecule has 15 heavy (non-hydrogen) atoms. The van der Waals surface area contributed by atoms with Crippen LogP contribution in [0.2, 0.25) is 0 Å². The van der Waals surface area contributed by atoms with E-state index in [2.05, 4.69) is 10.4 Å². The summed E-state index contributed by atoms with van der Waals surface area (Å²) < 4.78 is 14.6. The number of aryl methyl sites for hydroxylation is 1. The molecular formula is C9H9FN4O. The van der Waals surface area contributed by atoms with Gasteiger partial charge in [0.15, 0.2) is 0 Å². The first-order chi connectivity index (χ1) is 7.22. The summed E-state index contributed by atoms with van der Waals surface area (Å²) in [6.07, 6.45) is 0. The molecule has 0 N–H and O–H groups in total. The lowest BCUT2D eigenvalue weighted by molar-refractivity contribution is 0.485. The van der Waals surface area contributed by atoms with Crippen LogP contribution in [0.5, 0.6) is 0 Å². The van der Waals surface area contributed by atoms with Crippen LogP contribution < -0.4 is 5.69 Å². The first-order valence-corrected chi connectivity index (χ1v) is 4.36. The van der Waals surface area contributed by atoms with Gasteiger partial charge in [0.05, 0.1) is 5.69 Å². The average molecular weight is 208 g/mol. The minimum absolute atomic E-state index is 0.356. The van der Waals surface area contributed by atoms with Gasteiger partial charge in [-0.1, -0.05) is 12.1 Å². The fourth-order valence-corrected chi connectivity index (χ4v) is 1.25. The maximum atomic E-state index is 12.4. The molecule has 1 heterocycles. The van der Waals surface area contributed by atoms with Crippen LogP contribution in [0.4, 0.5) is 4.39 Å². The SMILES string of the molecule is Cn1nnn(-c2cccc(CF)c2)c1=O. The van der Waals surface area contributed by atoms with Crippen molar-refractivity contribution in [3.05, 3.63) is 40.3 Å². The summed E-state index contributed by atoms with van der Waals surface area (Å²) in [6, 6.07) is 6.56. The van der Waals surface area contributed by atoms with E-state index in [1.807, 2.05) is 0 Å². The lowest BCUT2D eigenvalue weighted by Crippen LogP contribution is -2.21. The fourth-order valence-electron chi connectivity index (χ4n) is 1.25. The smallest absolute Gasteiger partial charge is 0.246 e. The predicted octanol–water partition coefficient (Wildman–Crippen LogP) is 0.435. The van der Waals surface area contributed by atoms with Crippen molar-refractivity contribution in [2.45, 2.75) is 6.67 Å². The normalized spacial score (nSPS) is 10.5. The first kappa shape index (κ1) is 9.57. The lowest BCUT2D eigenvalue weighted by Gasteiger charge is -1.99. The molecule has 5 nitrogen and oxygen atoms in total. The van der Waals surface area contributed by atoms with Gasteiger partial charge >= 0.3 is 5.69 Å². The maximum Gasteiger partial charge on any atom is 0.368 e. The zero-order valence-corrected chi connectivity index (χ0v) is 8.09. The Bertz CT molecular complexity index is 531. The molecule has 0 aliphatic rings. The van der Waals surface area contributed by atoms with E-state index in [1.165, 1.54) is 7.05 Å². The van der Waals surface area contributed by atoms with Crippen LogP contribution >= 0.6 is 0 Å². The lowest BCUT2D eigenvalue weighted by atomic mass is 10.2. The van der Waals surface area contributed by atoms with Gasteiger partial charge in [0.1, 0.15) is 6.67 Å². The molecule has 1 aromatic heterocycles. The highest BCUT2D eigenvalue weighted by Gasteiger charge is 2.05. The van der Waals surface area contributed by atoms with Gasteiger partial charge in [-0.05, 0) is 28.1 Å². The Kier molecular flexibility index (Phi) is 2.32. The van der Waals surface area contributed by atoms with E-state index in [0.29, 0.717) is 11.3 Å². The van der Waals surface area contributed by atoms with Gasteiger partial charge in [0.2, 0.25) is 0 Å². The quantitative estimate of drug-likeness (QED) is 0.719. The molecule has 0 saturated heterocycles. The molecule has 0 fully saturated rings. The average Bonchev–Trinajstić information content (AvgIpc) is 2.60. The molecule has 0 spiro atoms. The highest BCUT2D eigenvalue weighted by molar-refractivity contribution is 5.34. The van der Waals surface area contributed by atoms with Gasteiger partial charge in [0.25, 0.3) is 0 Å². The monoisotopic (exact) mass is 208 g/mol. The van der Waals surface area contributed by atoms with Crippen molar-refractivity contribution in [1.29, 1.82) is 0 Å². The zero-order chi connectivity index (χ0) is 10.8. The van der Waals surface area contributed by atoms with Crippen LogP contribution in [0.15, 0.2) is 29.1 Å². The molecule has 2 rings (SSSR count). The van der Waals surface area contributed by atoms with Crippen LogP contribution in [-0.2, 0) is 13.7 Å². The van der Waals surface area contributed by atoms with Crippen molar-refractivity contribution in [2.24, 2.45) is 7.05 Å². The summed E-state index contributed by atoms with van der Waals surface area (Å²) in [4.78, 5) is 11.5. The van der Waals surface area contributed by atoms with E-state index in [4.69, 9.17) is 0 Å². The Labute approximate surface area is 84.7 Å². The number of alkyl halides is 1. The van der Waals surface area contributed by atoms with E-state index in [-0.39, 0.29) is 5.69 Å².